The van der Waals surface area contributed by atoms with Gasteiger partial charge in [0, 0.05) is 19.7 Å². The van der Waals surface area contributed by atoms with E-state index in [0.717, 1.165) is 18.5 Å². The van der Waals surface area contributed by atoms with Gasteiger partial charge in [-0.05, 0) is 18.4 Å². The highest BCUT2D eigenvalue weighted by molar-refractivity contribution is 5.37. The van der Waals surface area contributed by atoms with Crippen LogP contribution in [0.2, 0.25) is 0 Å². The standard InChI is InChI=1S/C14H17N3O/c1-15-13-10-14(18)17(16-11-13)9-5-8-12-6-3-2-4-7-12/h2-4,6-7,10-11,15H,5,8-9H2,1H3. The maximum Gasteiger partial charge on any atom is 0.268 e. The molecule has 0 saturated heterocycles. The summed E-state index contributed by atoms with van der Waals surface area (Å²) in [6, 6.07) is 11.8. The Morgan fingerprint density at radius 1 is 1.28 bits per heavy atom. The Kier molecular flexibility index (Phi) is 4.12. The van der Waals surface area contributed by atoms with Crippen LogP contribution >= 0.6 is 0 Å². The lowest BCUT2D eigenvalue weighted by atomic mass is 10.1. The predicted octanol–water partition coefficient (Wildman–Crippen LogP) is 1.92. The van der Waals surface area contributed by atoms with Crippen LogP contribution < -0.4 is 10.9 Å². The van der Waals surface area contributed by atoms with Crippen LogP contribution in [0.3, 0.4) is 0 Å². The van der Waals surface area contributed by atoms with Crippen LogP contribution in [0, 0.1) is 0 Å². The van der Waals surface area contributed by atoms with Crippen molar-refractivity contribution in [3.8, 4) is 0 Å². The first-order valence-corrected chi connectivity index (χ1v) is 6.08. The van der Waals surface area contributed by atoms with E-state index in [0.29, 0.717) is 6.54 Å². The topological polar surface area (TPSA) is 46.9 Å². The second-order valence-electron chi connectivity index (χ2n) is 4.14. The Morgan fingerprint density at radius 2 is 2.06 bits per heavy atom. The Morgan fingerprint density at radius 3 is 2.72 bits per heavy atom. The van der Waals surface area contributed by atoms with E-state index in [2.05, 4.69) is 22.5 Å². The average Bonchev–Trinajstić information content (AvgIpc) is 2.42. The molecule has 0 radical (unpaired) electrons. The molecule has 1 aromatic carbocycles. The molecule has 0 amide bonds. The van der Waals surface area contributed by atoms with E-state index in [-0.39, 0.29) is 5.56 Å². The number of aryl methyl sites for hydroxylation is 2. The highest BCUT2D eigenvalue weighted by Crippen LogP contribution is 2.03. The van der Waals surface area contributed by atoms with Crippen molar-refractivity contribution in [2.75, 3.05) is 12.4 Å². The lowest BCUT2D eigenvalue weighted by Gasteiger charge is -2.05. The number of nitrogens with zero attached hydrogens (tertiary/aromatic N) is 2. The molecule has 4 nitrogen and oxygen atoms in total. The molecule has 0 spiro atoms. The van der Waals surface area contributed by atoms with E-state index in [1.54, 1.807) is 19.3 Å². The molecule has 0 fully saturated rings. The lowest BCUT2D eigenvalue weighted by Crippen LogP contribution is -2.22. The zero-order valence-electron chi connectivity index (χ0n) is 10.5. The zero-order valence-corrected chi connectivity index (χ0v) is 10.5. The van der Waals surface area contributed by atoms with Gasteiger partial charge in [-0.15, -0.1) is 0 Å². The van der Waals surface area contributed by atoms with Crippen molar-refractivity contribution in [1.29, 1.82) is 0 Å². The first kappa shape index (κ1) is 12.4. The van der Waals surface area contributed by atoms with Crippen molar-refractivity contribution in [3.63, 3.8) is 0 Å². The van der Waals surface area contributed by atoms with Gasteiger partial charge in [0.05, 0.1) is 11.9 Å². The normalized spacial score (nSPS) is 10.3. The summed E-state index contributed by atoms with van der Waals surface area (Å²) in [6.45, 7) is 0.651. The molecule has 0 bridgehead atoms. The van der Waals surface area contributed by atoms with Gasteiger partial charge in [0.25, 0.3) is 5.56 Å². The molecule has 94 valence electrons. The van der Waals surface area contributed by atoms with Crippen LogP contribution in [0.5, 0.6) is 0 Å². The molecule has 0 aliphatic rings. The molecule has 4 heteroatoms. The van der Waals surface area contributed by atoms with Crippen molar-refractivity contribution >= 4 is 5.69 Å². The summed E-state index contributed by atoms with van der Waals surface area (Å²) >= 11 is 0. The molecule has 1 heterocycles. The van der Waals surface area contributed by atoms with E-state index in [9.17, 15) is 4.79 Å². The predicted molar refractivity (Wildman–Crippen MR) is 72.8 cm³/mol. The fourth-order valence-corrected chi connectivity index (χ4v) is 1.82. The van der Waals surface area contributed by atoms with Crippen LogP contribution in [0.15, 0.2) is 47.4 Å². The van der Waals surface area contributed by atoms with Gasteiger partial charge in [-0.2, -0.15) is 5.10 Å². The van der Waals surface area contributed by atoms with Crippen LogP contribution in [-0.2, 0) is 13.0 Å². The SMILES string of the molecule is CNc1cnn(CCCc2ccccc2)c(=O)c1. The number of rotatable bonds is 5. The van der Waals surface area contributed by atoms with Gasteiger partial charge in [0.15, 0.2) is 0 Å². The molecular weight excluding hydrogens is 226 g/mol. The highest BCUT2D eigenvalue weighted by Gasteiger charge is 1.99. The van der Waals surface area contributed by atoms with Gasteiger partial charge in [0.1, 0.15) is 0 Å². The minimum Gasteiger partial charge on any atom is -0.387 e. The summed E-state index contributed by atoms with van der Waals surface area (Å²) in [5.41, 5.74) is 1.98. The molecule has 0 atom stereocenters. The Balaban J connectivity index is 1.93. The number of hydrogen-bond donors (Lipinski definition) is 1. The van der Waals surface area contributed by atoms with E-state index >= 15 is 0 Å². The van der Waals surface area contributed by atoms with Crippen LogP contribution in [0.4, 0.5) is 5.69 Å². The minimum atomic E-state index is -0.0603. The zero-order chi connectivity index (χ0) is 12.8. The Bertz CT molecular complexity index is 548. The van der Waals surface area contributed by atoms with Gasteiger partial charge in [0.2, 0.25) is 0 Å². The maximum absolute atomic E-state index is 11.7. The first-order chi connectivity index (χ1) is 8.79. The number of aromatic nitrogens is 2. The van der Waals surface area contributed by atoms with Gasteiger partial charge in [-0.1, -0.05) is 30.3 Å². The smallest absolute Gasteiger partial charge is 0.268 e. The second kappa shape index (κ2) is 6.00. The third-order valence-corrected chi connectivity index (χ3v) is 2.84. The molecule has 2 rings (SSSR count). The maximum atomic E-state index is 11.7. The summed E-state index contributed by atoms with van der Waals surface area (Å²) in [5, 5.41) is 7.02. The monoisotopic (exact) mass is 243 g/mol. The van der Waals surface area contributed by atoms with Crippen molar-refractivity contribution in [1.82, 2.24) is 9.78 Å². The largest absolute Gasteiger partial charge is 0.387 e. The van der Waals surface area contributed by atoms with Gasteiger partial charge in [-0.25, -0.2) is 4.68 Å². The number of anilines is 1. The Hall–Kier alpha value is -2.10. The van der Waals surface area contributed by atoms with E-state index in [1.165, 1.54) is 10.2 Å². The average molecular weight is 243 g/mol. The summed E-state index contributed by atoms with van der Waals surface area (Å²) in [7, 11) is 1.77. The van der Waals surface area contributed by atoms with Crippen molar-refractivity contribution in [2.24, 2.45) is 0 Å². The van der Waals surface area contributed by atoms with Crippen molar-refractivity contribution < 1.29 is 0 Å². The van der Waals surface area contributed by atoms with Crippen LogP contribution in [-0.4, -0.2) is 16.8 Å². The second-order valence-corrected chi connectivity index (χ2v) is 4.14. The summed E-state index contributed by atoms with van der Waals surface area (Å²) < 4.78 is 1.50. The van der Waals surface area contributed by atoms with Crippen LogP contribution in [0.25, 0.3) is 0 Å². The first-order valence-electron chi connectivity index (χ1n) is 6.08. The lowest BCUT2D eigenvalue weighted by molar-refractivity contribution is 0.549. The van der Waals surface area contributed by atoms with Crippen LogP contribution in [0.1, 0.15) is 12.0 Å². The van der Waals surface area contributed by atoms with Gasteiger partial charge < -0.3 is 5.32 Å². The summed E-state index contributed by atoms with van der Waals surface area (Å²) in [5.74, 6) is 0. The molecule has 0 unspecified atom stereocenters. The highest BCUT2D eigenvalue weighted by atomic mass is 16.1. The minimum absolute atomic E-state index is 0.0603. The molecule has 18 heavy (non-hydrogen) atoms. The number of hydrogen-bond acceptors (Lipinski definition) is 3. The molecule has 0 aliphatic carbocycles. The van der Waals surface area contributed by atoms with E-state index < -0.39 is 0 Å². The number of benzene rings is 1. The van der Waals surface area contributed by atoms with Gasteiger partial charge >= 0.3 is 0 Å². The summed E-state index contributed by atoms with van der Waals surface area (Å²) in [6.07, 6.45) is 3.54. The molecule has 2 aromatic rings. The fourth-order valence-electron chi connectivity index (χ4n) is 1.82. The van der Waals surface area contributed by atoms with Gasteiger partial charge in [-0.3, -0.25) is 4.79 Å². The number of nitrogens with one attached hydrogen (secondary N) is 1. The molecule has 0 saturated carbocycles. The fraction of sp³-hybridized carbons (Fsp3) is 0.286. The Labute approximate surface area is 106 Å². The molecular formula is C14H17N3O. The third-order valence-electron chi connectivity index (χ3n) is 2.84. The summed E-state index contributed by atoms with van der Waals surface area (Å²) in [4.78, 5) is 11.7. The molecule has 0 aliphatic heterocycles. The van der Waals surface area contributed by atoms with Crippen molar-refractivity contribution in [2.45, 2.75) is 19.4 Å². The quantitative estimate of drug-likeness (QED) is 0.872. The van der Waals surface area contributed by atoms with E-state index in [4.69, 9.17) is 0 Å². The molecule has 1 aromatic heterocycles. The van der Waals surface area contributed by atoms with Crippen molar-refractivity contribution in [3.05, 3.63) is 58.5 Å². The van der Waals surface area contributed by atoms with E-state index in [1.807, 2.05) is 18.2 Å². The molecule has 1 N–H and O–H groups in total. The third kappa shape index (κ3) is 3.20.